The summed E-state index contributed by atoms with van der Waals surface area (Å²) in [6, 6.07) is -3.03. The van der Waals surface area contributed by atoms with Crippen LogP contribution in [0.15, 0.2) is 24.3 Å². The molecule has 9 atom stereocenters. The van der Waals surface area contributed by atoms with Crippen molar-refractivity contribution < 1.29 is 52.8 Å². The molecule has 0 spiro atoms. The highest BCUT2D eigenvalue weighted by Crippen LogP contribution is 2.20. The van der Waals surface area contributed by atoms with Gasteiger partial charge in [0.05, 0.1) is 12.6 Å². The van der Waals surface area contributed by atoms with Gasteiger partial charge in [-0.15, -0.1) is 0 Å². The molecule has 1 aromatic rings. The molecule has 2 saturated heterocycles. The summed E-state index contributed by atoms with van der Waals surface area (Å²) in [7, 11) is -1.37. The number of rotatable bonds is 8. The van der Waals surface area contributed by atoms with Crippen LogP contribution in [0.3, 0.4) is 0 Å². The highest BCUT2D eigenvalue weighted by molar-refractivity contribution is 7.84. The number of aromatic hydroxyl groups is 1. The summed E-state index contributed by atoms with van der Waals surface area (Å²) in [6.45, 7) is 8.66. The molecule has 9 N–H and O–H groups in total. The van der Waals surface area contributed by atoms with Gasteiger partial charge in [0.1, 0.15) is 48.0 Å². The van der Waals surface area contributed by atoms with Crippen LogP contribution in [-0.2, 0) is 55.6 Å². The van der Waals surface area contributed by atoms with E-state index in [1.807, 2.05) is 0 Å². The van der Waals surface area contributed by atoms with Crippen LogP contribution >= 0.6 is 0 Å². The Labute approximate surface area is 340 Å². The summed E-state index contributed by atoms with van der Waals surface area (Å²) in [5.74, 6) is -7.27. The fourth-order valence-corrected chi connectivity index (χ4v) is 7.08. The van der Waals surface area contributed by atoms with Gasteiger partial charge in [0.2, 0.25) is 47.3 Å². The van der Waals surface area contributed by atoms with E-state index in [0.29, 0.717) is 12.0 Å². The molecule has 0 aliphatic carbocycles. The first-order valence-corrected chi connectivity index (χ1v) is 21.1. The van der Waals surface area contributed by atoms with Crippen LogP contribution in [0.25, 0.3) is 0 Å². The monoisotopic (exact) mass is 834 g/mol. The molecule has 2 aliphatic rings. The topological polar surface area (TPSA) is 282 Å². The number of benzene rings is 1. The Morgan fingerprint density at radius 3 is 1.86 bits per heavy atom. The maximum absolute atomic E-state index is 13.8. The predicted octanol–water partition coefficient (Wildman–Crippen LogP) is -2.55. The van der Waals surface area contributed by atoms with Crippen LogP contribution in [0.1, 0.15) is 66.4 Å². The summed E-state index contributed by atoms with van der Waals surface area (Å²) < 4.78 is 12.1. The van der Waals surface area contributed by atoms with Crippen LogP contribution in [0.2, 0.25) is 0 Å². The summed E-state index contributed by atoms with van der Waals surface area (Å²) in [5, 5.41) is 38.3. The van der Waals surface area contributed by atoms with Gasteiger partial charge >= 0.3 is 0 Å². The lowest BCUT2D eigenvalue weighted by molar-refractivity contribution is -0.144. The Hall–Kier alpha value is -5.11. The number of aliphatic hydroxyl groups is 1. The third-order valence-corrected chi connectivity index (χ3v) is 10.7. The largest absolute Gasteiger partial charge is 0.508 e. The van der Waals surface area contributed by atoms with Crippen molar-refractivity contribution in [3.05, 3.63) is 29.8 Å². The zero-order chi connectivity index (χ0) is 43.4. The highest BCUT2D eigenvalue weighted by atomic mass is 32.2. The molecule has 2 heterocycles. The molecule has 0 saturated carbocycles. The van der Waals surface area contributed by atoms with Gasteiger partial charge in [-0.1, -0.05) is 39.8 Å². The van der Waals surface area contributed by atoms with Gasteiger partial charge in [0, 0.05) is 35.8 Å². The van der Waals surface area contributed by atoms with Crippen LogP contribution < -0.4 is 37.2 Å². The van der Waals surface area contributed by atoms with E-state index in [4.69, 9.17) is 0 Å². The van der Waals surface area contributed by atoms with Crippen LogP contribution in [0.4, 0.5) is 0 Å². The first-order valence-electron chi connectivity index (χ1n) is 19.4. The fourth-order valence-electron chi connectivity index (χ4n) is 6.52. The van der Waals surface area contributed by atoms with E-state index >= 15 is 0 Å². The van der Waals surface area contributed by atoms with Crippen LogP contribution in [0.5, 0.6) is 5.75 Å². The molecule has 3 rings (SSSR count). The maximum Gasteiger partial charge on any atom is 0.248 e. The lowest BCUT2D eigenvalue weighted by Crippen LogP contribution is -2.62. The van der Waals surface area contributed by atoms with Gasteiger partial charge in [0.25, 0.3) is 0 Å². The molecular formula is C38H58N8O11S. The normalized spacial score (nSPS) is 27.6. The van der Waals surface area contributed by atoms with Crippen molar-refractivity contribution >= 4 is 58.1 Å². The van der Waals surface area contributed by atoms with Crippen molar-refractivity contribution in [1.82, 2.24) is 42.1 Å². The quantitative estimate of drug-likeness (QED) is 0.131. The number of phenolic OH excluding ortho intramolecular Hbond substituents is 1. The minimum absolute atomic E-state index is 0.0102. The van der Waals surface area contributed by atoms with E-state index in [-0.39, 0.29) is 37.3 Å². The molecular weight excluding hydrogens is 777 g/mol. The van der Waals surface area contributed by atoms with E-state index in [1.165, 1.54) is 49.3 Å². The van der Waals surface area contributed by atoms with Crippen molar-refractivity contribution in [3.63, 3.8) is 0 Å². The van der Waals surface area contributed by atoms with Gasteiger partial charge in [-0.3, -0.25) is 42.6 Å². The van der Waals surface area contributed by atoms with Gasteiger partial charge < -0.3 is 52.3 Å². The number of hydrogen-bond donors (Lipinski definition) is 9. The first-order chi connectivity index (χ1) is 27.2. The lowest BCUT2D eigenvalue weighted by atomic mass is 10.00. The smallest absolute Gasteiger partial charge is 0.248 e. The molecule has 1 aromatic carbocycles. The number of carbonyl (C=O) groups excluding carboxylic acids is 8. The number of amides is 8. The summed E-state index contributed by atoms with van der Waals surface area (Å²) in [5.41, 5.74) is 0.528. The minimum Gasteiger partial charge on any atom is -0.508 e. The highest BCUT2D eigenvalue weighted by Gasteiger charge is 2.41. The number of aliphatic hydroxyl groups excluding tert-OH is 1. The van der Waals surface area contributed by atoms with Gasteiger partial charge in [-0.25, -0.2) is 0 Å². The van der Waals surface area contributed by atoms with Crippen molar-refractivity contribution in [3.8, 4) is 5.75 Å². The lowest BCUT2D eigenvalue weighted by Gasteiger charge is -2.31. The van der Waals surface area contributed by atoms with Crippen molar-refractivity contribution in [2.45, 2.75) is 116 Å². The number of nitrogens with one attached hydrogen (secondary N) is 7. The summed E-state index contributed by atoms with van der Waals surface area (Å²) >= 11 is 0. The standard InChI is InChI=1S/C38H58N8O11S/c1-19(2)29-36(54)40-21(5)32(50)44-30(20(3)4)37(55)42-26(17-23-10-12-24(48)13-11-23)33(51)39-18-28(49)43-31(22(6)47)38(56)46-15-8-9-27(46)35(53)41-25(34(52)45-29)14-16-58(7)57/h10-13,19-22,25-27,29-31,47-48H,8-9,14-18H2,1-7H3,(H,39,51)(H,40,54)(H,41,53)(H,42,55)(H,43,49)(H,44,50)(H,45,52)/t21-,22+,25+,26-,27+,29+,30+,31+,58-/m1/s1. The Morgan fingerprint density at radius 2 is 1.29 bits per heavy atom. The average molecular weight is 835 g/mol. The zero-order valence-electron chi connectivity index (χ0n) is 34.0. The minimum atomic E-state index is -1.54. The van der Waals surface area contributed by atoms with Crippen LogP contribution in [-0.4, -0.2) is 140 Å². The summed E-state index contributed by atoms with van der Waals surface area (Å²) in [4.78, 5) is 110. The molecule has 58 heavy (non-hydrogen) atoms. The van der Waals surface area contributed by atoms with E-state index < -0.39 is 125 Å². The third kappa shape index (κ3) is 13.5. The van der Waals surface area contributed by atoms with E-state index in [9.17, 15) is 52.8 Å². The number of carbonyl (C=O) groups is 8. The fraction of sp³-hybridized carbons (Fsp3) is 0.632. The van der Waals surface area contributed by atoms with Gasteiger partial charge in [-0.05, 0) is 62.6 Å². The third-order valence-electron chi connectivity index (χ3n) is 9.91. The van der Waals surface area contributed by atoms with Gasteiger partial charge in [-0.2, -0.15) is 0 Å². The van der Waals surface area contributed by atoms with Crippen LogP contribution in [0, 0.1) is 11.8 Å². The van der Waals surface area contributed by atoms with E-state index in [1.54, 1.807) is 27.7 Å². The average Bonchev–Trinajstić information content (AvgIpc) is 3.65. The number of phenols is 1. The van der Waals surface area contributed by atoms with Gasteiger partial charge in [0.15, 0.2) is 0 Å². The molecule has 0 radical (unpaired) electrons. The first kappa shape index (κ1) is 47.3. The molecule has 20 heteroatoms. The SMILES string of the molecule is CC(C)[C@@H]1NC(=O)[C@H](CC[S@@](C)=O)NC(=O)[C@@H]2CCCN2C(=O)[C@H]([C@H](C)O)NC(=O)CNC(=O)[C@@H](Cc2ccc(O)cc2)NC(=O)[C@H](C(C)C)NC(=O)[C@@H](C)NC1=O. The molecule has 0 aromatic heterocycles. The zero-order valence-corrected chi connectivity index (χ0v) is 34.8. The summed E-state index contributed by atoms with van der Waals surface area (Å²) in [6.07, 6.45) is 0.359. The van der Waals surface area contributed by atoms with Crippen molar-refractivity contribution in [2.24, 2.45) is 11.8 Å². The molecule has 322 valence electrons. The molecule has 8 amide bonds. The second-order valence-corrected chi connectivity index (χ2v) is 17.0. The van der Waals surface area contributed by atoms with E-state index in [2.05, 4.69) is 37.2 Å². The number of hydrogen-bond acceptors (Lipinski definition) is 11. The molecule has 19 nitrogen and oxygen atoms in total. The van der Waals surface area contributed by atoms with E-state index in [0.717, 1.165) is 0 Å². The Balaban J connectivity index is 2.02. The second kappa shape index (κ2) is 21.6. The predicted molar refractivity (Wildman–Crippen MR) is 212 cm³/mol. The molecule has 0 bridgehead atoms. The Morgan fingerprint density at radius 1 is 0.724 bits per heavy atom. The number of fused-ring (bicyclic) bond motifs is 1. The molecule has 2 fully saturated rings. The Bertz CT molecular complexity index is 1710. The Kier molecular flexibility index (Phi) is 17.6. The second-order valence-electron chi connectivity index (χ2n) is 15.4. The number of nitrogens with zero attached hydrogens (tertiary/aromatic N) is 1. The van der Waals surface area contributed by atoms with Crippen molar-refractivity contribution in [1.29, 1.82) is 0 Å². The maximum atomic E-state index is 13.8. The molecule has 2 aliphatic heterocycles. The molecule has 0 unspecified atom stereocenters. The van der Waals surface area contributed by atoms with Crippen molar-refractivity contribution in [2.75, 3.05) is 25.1 Å².